The van der Waals surface area contributed by atoms with Gasteiger partial charge in [-0.25, -0.2) is 22.4 Å². The van der Waals surface area contributed by atoms with E-state index in [0.717, 1.165) is 22.5 Å². The normalized spacial score (nSPS) is 15.3. The fourth-order valence-corrected chi connectivity index (χ4v) is 4.00. The van der Waals surface area contributed by atoms with Crippen LogP contribution >= 0.6 is 0 Å². The Morgan fingerprint density at radius 1 is 1.20 bits per heavy atom. The summed E-state index contributed by atoms with van der Waals surface area (Å²) in [7, 11) is -4.17. The number of hydrogen-bond donors (Lipinski definition) is 2. The van der Waals surface area contributed by atoms with Crippen LogP contribution in [0.3, 0.4) is 0 Å². The maximum absolute atomic E-state index is 14.2. The number of nitrogens with zero attached hydrogens (tertiary/aromatic N) is 1. The lowest BCUT2D eigenvalue weighted by atomic mass is 10.1. The van der Waals surface area contributed by atoms with Crippen LogP contribution in [0.5, 0.6) is 0 Å². The maximum atomic E-state index is 14.2. The van der Waals surface area contributed by atoms with Crippen molar-refractivity contribution in [1.82, 2.24) is 14.9 Å². The average Bonchev–Trinajstić information content (AvgIpc) is 2.65. The highest BCUT2D eigenvalue weighted by Gasteiger charge is 2.30. The molecule has 0 radical (unpaired) electrons. The molecule has 1 fully saturated rings. The van der Waals surface area contributed by atoms with Gasteiger partial charge < -0.3 is 14.8 Å². The van der Waals surface area contributed by atoms with E-state index in [1.54, 1.807) is 20.8 Å². The molecule has 0 atom stereocenters. The lowest BCUT2D eigenvalue weighted by Gasteiger charge is -2.26. The van der Waals surface area contributed by atoms with E-state index in [1.807, 2.05) is 5.32 Å². The summed E-state index contributed by atoms with van der Waals surface area (Å²) < 4.78 is 50.4. The van der Waals surface area contributed by atoms with E-state index >= 15 is 0 Å². The van der Waals surface area contributed by atoms with Gasteiger partial charge in [0.2, 0.25) is 10.0 Å². The van der Waals surface area contributed by atoms with E-state index < -0.39 is 50.8 Å². The third kappa shape index (κ3) is 6.47. The minimum Gasteiger partial charge on any atom is -0.452 e. The maximum Gasteiger partial charge on any atom is 0.338 e. The summed E-state index contributed by atoms with van der Waals surface area (Å²) >= 11 is 0. The lowest BCUT2D eigenvalue weighted by molar-refractivity contribution is -0.123. The van der Waals surface area contributed by atoms with Gasteiger partial charge in [0.25, 0.3) is 5.91 Å². The van der Waals surface area contributed by atoms with E-state index in [9.17, 15) is 27.2 Å². The average molecular weight is 445 g/mol. The number of amides is 3. The molecule has 1 aromatic rings. The first-order valence-corrected chi connectivity index (χ1v) is 10.5. The standard InChI is InChI=1S/C18H24FN3O7S/c1-18(2,3)21-17(25)20-15(23)11-29-16(24)12-4-5-13(19)14(10-12)30(26,27)22-6-8-28-9-7-22/h4-5,10H,6-9,11H2,1-3H3,(H2,20,21,23,25). The van der Waals surface area contributed by atoms with Crippen molar-refractivity contribution in [2.45, 2.75) is 31.2 Å². The van der Waals surface area contributed by atoms with Crippen LogP contribution < -0.4 is 10.6 Å². The van der Waals surface area contributed by atoms with Crippen molar-refractivity contribution in [3.63, 3.8) is 0 Å². The molecule has 12 heteroatoms. The Morgan fingerprint density at radius 2 is 1.83 bits per heavy atom. The minimum atomic E-state index is -4.17. The predicted octanol–water partition coefficient (Wildman–Crippen LogP) is 0.628. The number of nitrogens with one attached hydrogen (secondary N) is 2. The van der Waals surface area contributed by atoms with E-state index in [-0.39, 0.29) is 31.9 Å². The molecule has 30 heavy (non-hydrogen) atoms. The first-order valence-electron chi connectivity index (χ1n) is 9.07. The fourth-order valence-electron chi connectivity index (χ4n) is 2.50. The second kappa shape index (κ2) is 9.49. The van der Waals surface area contributed by atoms with Crippen LogP contribution in [0, 0.1) is 5.82 Å². The molecule has 0 spiro atoms. The first kappa shape index (κ1) is 23.7. The van der Waals surface area contributed by atoms with Crippen LogP contribution in [0.1, 0.15) is 31.1 Å². The number of urea groups is 1. The number of halogens is 1. The van der Waals surface area contributed by atoms with Crippen molar-refractivity contribution < 1.29 is 36.7 Å². The molecule has 10 nitrogen and oxygen atoms in total. The van der Waals surface area contributed by atoms with Crippen LogP contribution in [0.15, 0.2) is 23.1 Å². The summed E-state index contributed by atoms with van der Waals surface area (Å²) in [6, 6.07) is 1.97. The Labute approximate surface area is 173 Å². The lowest BCUT2D eigenvalue weighted by Crippen LogP contribution is -2.49. The molecule has 1 aliphatic rings. The number of imide groups is 1. The Balaban J connectivity index is 2.04. The summed E-state index contributed by atoms with van der Waals surface area (Å²) in [4.78, 5) is 34.9. The summed E-state index contributed by atoms with van der Waals surface area (Å²) in [5.74, 6) is -2.94. The highest BCUT2D eigenvalue weighted by molar-refractivity contribution is 7.89. The van der Waals surface area contributed by atoms with Gasteiger partial charge in [0, 0.05) is 18.6 Å². The molecule has 3 amide bonds. The number of rotatable bonds is 5. The molecule has 2 N–H and O–H groups in total. The zero-order valence-corrected chi connectivity index (χ0v) is 17.7. The van der Waals surface area contributed by atoms with Crippen molar-refractivity contribution >= 4 is 27.9 Å². The summed E-state index contributed by atoms with van der Waals surface area (Å²) in [6.45, 7) is 4.86. The number of morpholine rings is 1. The van der Waals surface area contributed by atoms with Gasteiger partial charge in [-0.1, -0.05) is 0 Å². The largest absolute Gasteiger partial charge is 0.452 e. The molecule has 0 aromatic heterocycles. The number of carbonyl (C=O) groups excluding carboxylic acids is 3. The third-order valence-corrected chi connectivity index (χ3v) is 5.74. The second-order valence-corrected chi connectivity index (χ2v) is 9.40. The van der Waals surface area contributed by atoms with Crippen molar-refractivity contribution in [2.75, 3.05) is 32.9 Å². The molecule has 166 valence electrons. The number of esters is 1. The molecule has 1 aliphatic heterocycles. The molecular weight excluding hydrogens is 421 g/mol. The summed E-state index contributed by atoms with van der Waals surface area (Å²) in [6.07, 6.45) is 0. The highest BCUT2D eigenvalue weighted by atomic mass is 32.2. The monoisotopic (exact) mass is 445 g/mol. The van der Waals surface area contributed by atoms with Gasteiger partial charge in [0.15, 0.2) is 6.61 Å². The van der Waals surface area contributed by atoms with Crippen molar-refractivity contribution in [3.8, 4) is 0 Å². The SMILES string of the molecule is CC(C)(C)NC(=O)NC(=O)COC(=O)c1ccc(F)c(S(=O)(=O)N2CCOCC2)c1. The number of carbonyl (C=O) groups is 3. The smallest absolute Gasteiger partial charge is 0.338 e. The molecule has 2 rings (SSSR count). The minimum absolute atomic E-state index is 0.0627. The van der Waals surface area contributed by atoms with Gasteiger partial charge >= 0.3 is 12.0 Å². The fraction of sp³-hybridized carbons (Fsp3) is 0.500. The number of ether oxygens (including phenoxy) is 2. The van der Waals surface area contributed by atoms with Crippen molar-refractivity contribution in [1.29, 1.82) is 0 Å². The van der Waals surface area contributed by atoms with Crippen LogP contribution in [0.4, 0.5) is 9.18 Å². The van der Waals surface area contributed by atoms with Gasteiger partial charge in [-0.05, 0) is 39.0 Å². The van der Waals surface area contributed by atoms with Crippen LogP contribution in [-0.2, 0) is 24.3 Å². The van der Waals surface area contributed by atoms with E-state index in [2.05, 4.69) is 5.32 Å². The van der Waals surface area contributed by atoms with E-state index in [0.29, 0.717) is 0 Å². The van der Waals surface area contributed by atoms with Gasteiger partial charge in [0.1, 0.15) is 10.7 Å². The predicted molar refractivity (Wildman–Crippen MR) is 103 cm³/mol. The Morgan fingerprint density at radius 3 is 2.43 bits per heavy atom. The topological polar surface area (TPSA) is 131 Å². The Hall–Kier alpha value is -2.57. The molecule has 0 saturated carbocycles. The number of hydrogen-bond acceptors (Lipinski definition) is 7. The number of sulfonamides is 1. The molecule has 1 aromatic carbocycles. The first-order chi connectivity index (χ1) is 13.9. The third-order valence-electron chi connectivity index (χ3n) is 3.83. The molecule has 1 saturated heterocycles. The molecular formula is C18H24FN3O7S. The van der Waals surface area contributed by atoms with Crippen LogP contribution in [0.25, 0.3) is 0 Å². The molecule has 0 aliphatic carbocycles. The van der Waals surface area contributed by atoms with Crippen molar-refractivity contribution in [2.24, 2.45) is 0 Å². The van der Waals surface area contributed by atoms with E-state index in [1.165, 1.54) is 0 Å². The quantitative estimate of drug-likeness (QED) is 0.636. The molecule has 0 bridgehead atoms. The van der Waals surface area contributed by atoms with Gasteiger partial charge in [-0.3, -0.25) is 10.1 Å². The van der Waals surface area contributed by atoms with Crippen LogP contribution in [-0.4, -0.2) is 69.1 Å². The molecule has 0 unspecified atom stereocenters. The van der Waals surface area contributed by atoms with Gasteiger partial charge in [-0.2, -0.15) is 4.31 Å². The Bertz CT molecular complexity index is 922. The van der Waals surface area contributed by atoms with Crippen molar-refractivity contribution in [3.05, 3.63) is 29.6 Å². The number of benzene rings is 1. The summed E-state index contributed by atoms with van der Waals surface area (Å²) in [5, 5.41) is 4.49. The van der Waals surface area contributed by atoms with Gasteiger partial charge in [0.05, 0.1) is 18.8 Å². The van der Waals surface area contributed by atoms with Gasteiger partial charge in [-0.15, -0.1) is 0 Å². The summed E-state index contributed by atoms with van der Waals surface area (Å²) in [5.41, 5.74) is -0.826. The van der Waals surface area contributed by atoms with E-state index in [4.69, 9.17) is 9.47 Å². The second-order valence-electron chi connectivity index (χ2n) is 7.49. The molecule has 1 heterocycles. The Kier molecular flexibility index (Phi) is 7.50. The zero-order chi connectivity index (χ0) is 22.5. The zero-order valence-electron chi connectivity index (χ0n) is 16.9. The van der Waals surface area contributed by atoms with Crippen LogP contribution in [0.2, 0.25) is 0 Å². The highest BCUT2D eigenvalue weighted by Crippen LogP contribution is 2.22.